The van der Waals surface area contributed by atoms with Gasteiger partial charge >= 0.3 is 0 Å². The maximum atomic E-state index is 2.82. The van der Waals surface area contributed by atoms with Crippen molar-refractivity contribution < 1.29 is 0 Å². The van der Waals surface area contributed by atoms with Crippen LogP contribution in [0.25, 0.3) is 0 Å². The molecule has 3 aliphatic heterocycles. The van der Waals surface area contributed by atoms with Gasteiger partial charge in [-0.2, -0.15) is 0 Å². The molecule has 3 rings (SSSR count). The second-order valence-electron chi connectivity index (χ2n) is 7.78. The van der Waals surface area contributed by atoms with E-state index >= 15 is 0 Å². The Balaban J connectivity index is 1.45. The second-order valence-corrected chi connectivity index (χ2v) is 7.78. The molecule has 2 atom stereocenters. The highest BCUT2D eigenvalue weighted by Gasteiger charge is 2.47. The molecule has 0 saturated carbocycles. The van der Waals surface area contributed by atoms with Gasteiger partial charge in [0.05, 0.1) is 0 Å². The molecule has 3 nitrogen and oxygen atoms in total. The molecule has 3 fully saturated rings. The van der Waals surface area contributed by atoms with E-state index in [2.05, 4.69) is 42.4 Å². The van der Waals surface area contributed by atoms with Crippen LogP contribution < -0.4 is 0 Å². The van der Waals surface area contributed by atoms with Crippen LogP contribution in [-0.2, 0) is 0 Å². The molecule has 0 aliphatic carbocycles. The van der Waals surface area contributed by atoms with Gasteiger partial charge in [0.2, 0.25) is 0 Å². The normalized spacial score (nSPS) is 33.9. The molecule has 0 amide bonds. The topological polar surface area (TPSA) is 9.72 Å². The lowest BCUT2D eigenvalue weighted by molar-refractivity contribution is -0.00895. The number of rotatable bonds is 4. The summed E-state index contributed by atoms with van der Waals surface area (Å²) in [6.07, 6.45) is 4.24. The van der Waals surface area contributed by atoms with E-state index < -0.39 is 0 Å². The first-order chi connectivity index (χ1) is 9.56. The third kappa shape index (κ3) is 2.77. The molecule has 0 aromatic rings. The summed E-state index contributed by atoms with van der Waals surface area (Å²) in [6, 6.07) is 3.25. The third-order valence-corrected chi connectivity index (χ3v) is 5.98. The highest BCUT2D eigenvalue weighted by molar-refractivity contribution is 5.04. The van der Waals surface area contributed by atoms with E-state index in [4.69, 9.17) is 0 Å². The molecule has 116 valence electrons. The van der Waals surface area contributed by atoms with Crippen LogP contribution in [0.2, 0.25) is 0 Å². The van der Waals surface area contributed by atoms with Crippen LogP contribution in [0, 0.1) is 5.92 Å². The zero-order valence-electron chi connectivity index (χ0n) is 13.9. The fourth-order valence-corrected chi connectivity index (χ4v) is 4.54. The molecule has 20 heavy (non-hydrogen) atoms. The maximum Gasteiger partial charge on any atom is 0.0379 e. The Hall–Kier alpha value is -0.120. The van der Waals surface area contributed by atoms with E-state index in [-0.39, 0.29) is 0 Å². The van der Waals surface area contributed by atoms with Crippen molar-refractivity contribution in [2.45, 2.75) is 71.1 Å². The average molecular weight is 279 g/mol. The maximum absolute atomic E-state index is 2.82. The quantitative estimate of drug-likeness (QED) is 0.782. The second kappa shape index (κ2) is 5.94. The van der Waals surface area contributed by atoms with Crippen molar-refractivity contribution in [2.24, 2.45) is 5.92 Å². The van der Waals surface area contributed by atoms with E-state index in [9.17, 15) is 0 Å². The largest absolute Gasteiger partial charge is 0.301 e. The van der Waals surface area contributed by atoms with E-state index in [1.807, 2.05) is 0 Å². The smallest absolute Gasteiger partial charge is 0.0379 e. The van der Waals surface area contributed by atoms with Crippen LogP contribution in [0.1, 0.15) is 47.0 Å². The molecule has 3 saturated heterocycles. The summed E-state index contributed by atoms with van der Waals surface area (Å²) >= 11 is 0. The van der Waals surface area contributed by atoms with Gasteiger partial charge in [0.15, 0.2) is 0 Å². The van der Waals surface area contributed by atoms with Gasteiger partial charge in [-0.25, -0.2) is 0 Å². The fraction of sp³-hybridized carbons (Fsp3) is 1.00. The minimum Gasteiger partial charge on any atom is -0.301 e. The molecule has 0 N–H and O–H groups in total. The van der Waals surface area contributed by atoms with E-state index in [1.54, 1.807) is 0 Å². The molecular weight excluding hydrogens is 246 g/mol. The van der Waals surface area contributed by atoms with Crippen molar-refractivity contribution in [1.82, 2.24) is 14.7 Å². The molecule has 0 spiro atoms. The van der Waals surface area contributed by atoms with Gasteiger partial charge in [-0.3, -0.25) is 9.80 Å². The predicted molar refractivity (Wildman–Crippen MR) is 85.0 cm³/mol. The Morgan fingerprint density at radius 2 is 1.55 bits per heavy atom. The monoisotopic (exact) mass is 279 g/mol. The molecule has 0 bridgehead atoms. The van der Waals surface area contributed by atoms with E-state index in [0.717, 1.165) is 30.1 Å². The van der Waals surface area contributed by atoms with Crippen LogP contribution >= 0.6 is 0 Å². The Bertz CT molecular complexity index is 320. The van der Waals surface area contributed by atoms with Crippen LogP contribution in [0.3, 0.4) is 0 Å². The van der Waals surface area contributed by atoms with Crippen molar-refractivity contribution in [1.29, 1.82) is 0 Å². The summed E-state index contributed by atoms with van der Waals surface area (Å²) in [5.41, 5.74) is 0. The summed E-state index contributed by atoms with van der Waals surface area (Å²) in [7, 11) is 0. The summed E-state index contributed by atoms with van der Waals surface area (Å²) in [6.45, 7) is 16.1. The number of hydrogen-bond donors (Lipinski definition) is 0. The molecule has 2 unspecified atom stereocenters. The van der Waals surface area contributed by atoms with E-state index in [0.29, 0.717) is 0 Å². The first-order valence-electron chi connectivity index (χ1n) is 8.80. The molecule has 3 heteroatoms. The van der Waals surface area contributed by atoms with Crippen molar-refractivity contribution >= 4 is 0 Å². The van der Waals surface area contributed by atoms with Crippen molar-refractivity contribution in [3.63, 3.8) is 0 Å². The van der Waals surface area contributed by atoms with Gasteiger partial charge in [0.1, 0.15) is 0 Å². The molecular formula is C17H33N3. The van der Waals surface area contributed by atoms with Gasteiger partial charge in [0, 0.05) is 43.8 Å². The van der Waals surface area contributed by atoms with Crippen molar-refractivity contribution in [3.8, 4) is 0 Å². The summed E-state index contributed by atoms with van der Waals surface area (Å²) < 4.78 is 0. The Morgan fingerprint density at radius 1 is 0.850 bits per heavy atom. The van der Waals surface area contributed by atoms with Gasteiger partial charge in [-0.1, -0.05) is 0 Å². The minimum absolute atomic E-state index is 0.735. The summed E-state index contributed by atoms with van der Waals surface area (Å²) in [5, 5.41) is 0. The Morgan fingerprint density at radius 3 is 2.15 bits per heavy atom. The van der Waals surface area contributed by atoms with Crippen LogP contribution in [0.4, 0.5) is 0 Å². The van der Waals surface area contributed by atoms with Gasteiger partial charge in [-0.15, -0.1) is 0 Å². The van der Waals surface area contributed by atoms with Gasteiger partial charge in [0.25, 0.3) is 0 Å². The van der Waals surface area contributed by atoms with Gasteiger partial charge in [-0.05, 0) is 66.0 Å². The minimum atomic E-state index is 0.735. The SMILES string of the molecule is CC(C)N1CCC(CN2CCC3C2CN3C(C)C)CC1. The number of nitrogens with zero attached hydrogens (tertiary/aromatic N) is 3. The highest BCUT2D eigenvalue weighted by atomic mass is 15.4. The van der Waals surface area contributed by atoms with Crippen LogP contribution in [-0.4, -0.2) is 71.6 Å². The average Bonchev–Trinajstić information content (AvgIpc) is 2.65. The lowest BCUT2D eigenvalue weighted by Gasteiger charge is -2.50. The third-order valence-electron chi connectivity index (χ3n) is 5.98. The highest BCUT2D eigenvalue weighted by Crippen LogP contribution is 2.35. The number of fused-ring (bicyclic) bond motifs is 1. The number of hydrogen-bond acceptors (Lipinski definition) is 3. The van der Waals surface area contributed by atoms with Crippen molar-refractivity contribution in [3.05, 3.63) is 0 Å². The molecule has 0 aromatic carbocycles. The number of likely N-dealkylation sites (tertiary alicyclic amines) is 3. The first-order valence-corrected chi connectivity index (χ1v) is 8.80. The summed E-state index contributed by atoms with van der Waals surface area (Å²) in [5.74, 6) is 0.955. The Kier molecular flexibility index (Phi) is 4.40. The predicted octanol–water partition coefficient (Wildman–Crippen LogP) is 2.27. The standard InChI is InChI=1S/C17H33N3/c1-13(2)18-8-5-15(6-9-18)11-19-10-7-16-17(19)12-20(16)14(3)4/h13-17H,5-12H2,1-4H3. The summed E-state index contributed by atoms with van der Waals surface area (Å²) in [4.78, 5) is 8.17. The van der Waals surface area contributed by atoms with Gasteiger partial charge < -0.3 is 4.90 Å². The molecule has 3 heterocycles. The first kappa shape index (κ1) is 14.8. The van der Waals surface area contributed by atoms with Crippen LogP contribution in [0.5, 0.6) is 0 Å². The fourth-order valence-electron chi connectivity index (χ4n) is 4.54. The number of piperidine rings is 1. The van der Waals surface area contributed by atoms with Crippen LogP contribution in [0.15, 0.2) is 0 Å². The Labute approximate surface area is 125 Å². The molecule has 0 aromatic heterocycles. The van der Waals surface area contributed by atoms with E-state index in [1.165, 1.54) is 52.0 Å². The van der Waals surface area contributed by atoms with Crippen molar-refractivity contribution in [2.75, 3.05) is 32.7 Å². The molecule has 3 aliphatic rings. The lowest BCUT2D eigenvalue weighted by atomic mass is 9.92. The molecule has 0 radical (unpaired) electrons. The zero-order chi connectivity index (χ0) is 14.3. The lowest BCUT2D eigenvalue weighted by Crippen LogP contribution is -2.64. The zero-order valence-corrected chi connectivity index (χ0v) is 13.9.